The van der Waals surface area contributed by atoms with Gasteiger partial charge in [0.2, 0.25) is 0 Å². The van der Waals surface area contributed by atoms with Crippen LogP contribution in [0.25, 0.3) is 0 Å². The smallest absolute Gasteiger partial charge is 0.107 e. The Hall–Kier alpha value is -0.860. The predicted molar refractivity (Wildman–Crippen MR) is 92.5 cm³/mol. The van der Waals surface area contributed by atoms with Crippen molar-refractivity contribution < 1.29 is 5.11 Å². The van der Waals surface area contributed by atoms with Gasteiger partial charge in [0.25, 0.3) is 0 Å². The van der Waals surface area contributed by atoms with Gasteiger partial charge in [-0.05, 0) is 55.1 Å². The summed E-state index contributed by atoms with van der Waals surface area (Å²) in [4.78, 5) is 2.42. The lowest BCUT2D eigenvalue weighted by atomic mass is 9.75. The van der Waals surface area contributed by atoms with Crippen LogP contribution in [0.2, 0.25) is 0 Å². The number of allylic oxidation sites excluding steroid dienone is 3. The Morgan fingerprint density at radius 2 is 2.14 bits per heavy atom. The molecule has 1 aliphatic heterocycles. The monoisotopic (exact) mass is 301 g/mol. The molecule has 3 aliphatic rings. The molecule has 1 fully saturated rings. The quantitative estimate of drug-likeness (QED) is 0.833. The number of aliphatic hydroxyl groups excluding tert-OH is 1. The normalized spacial score (nSPS) is 35.3. The topological polar surface area (TPSA) is 23.5 Å². The van der Waals surface area contributed by atoms with E-state index in [1.54, 1.807) is 0 Å². The molecule has 0 amide bonds. The van der Waals surface area contributed by atoms with Crippen LogP contribution in [-0.2, 0) is 0 Å². The SMILES string of the molecule is CCCC(O)N1CC2=C(/C=C\C3CCCC(C)C31)CCC=C2. The molecule has 2 aliphatic carbocycles. The van der Waals surface area contributed by atoms with Gasteiger partial charge in [-0.2, -0.15) is 0 Å². The van der Waals surface area contributed by atoms with E-state index in [4.69, 9.17) is 0 Å². The third kappa shape index (κ3) is 3.23. The van der Waals surface area contributed by atoms with Gasteiger partial charge in [0.15, 0.2) is 0 Å². The van der Waals surface area contributed by atoms with Gasteiger partial charge in [-0.3, -0.25) is 4.90 Å². The van der Waals surface area contributed by atoms with Gasteiger partial charge in [-0.25, -0.2) is 0 Å². The molecule has 1 saturated carbocycles. The molecule has 2 heteroatoms. The molecular formula is C20H31NO. The molecule has 3 rings (SSSR count). The number of rotatable bonds is 3. The average molecular weight is 301 g/mol. The Balaban J connectivity index is 1.94. The van der Waals surface area contributed by atoms with Gasteiger partial charge in [0, 0.05) is 12.6 Å². The Morgan fingerprint density at radius 3 is 2.95 bits per heavy atom. The first-order chi connectivity index (χ1) is 10.7. The standard InChI is InChI=1S/C20H31NO/c1-3-7-19(22)21-14-18-10-5-4-9-16(18)12-13-17-11-6-8-15(2)20(17)21/h5,10,12-13,15,17,19-20,22H,3-4,6-9,11,14H2,1-2H3/b13-12-. The number of hydrogen-bond donors (Lipinski definition) is 1. The zero-order valence-corrected chi connectivity index (χ0v) is 14.2. The Kier molecular flexibility index (Phi) is 5.20. The second kappa shape index (κ2) is 7.14. The van der Waals surface area contributed by atoms with Crippen molar-refractivity contribution in [2.24, 2.45) is 11.8 Å². The first kappa shape index (κ1) is 16.0. The van der Waals surface area contributed by atoms with Crippen LogP contribution in [0.1, 0.15) is 58.8 Å². The van der Waals surface area contributed by atoms with Crippen LogP contribution in [0, 0.1) is 11.8 Å². The average Bonchev–Trinajstić information content (AvgIpc) is 2.50. The summed E-state index contributed by atoms with van der Waals surface area (Å²) >= 11 is 0. The van der Waals surface area contributed by atoms with Gasteiger partial charge in [0.05, 0.1) is 0 Å². The van der Waals surface area contributed by atoms with Crippen molar-refractivity contribution in [1.82, 2.24) is 4.90 Å². The fourth-order valence-corrected chi connectivity index (χ4v) is 4.57. The van der Waals surface area contributed by atoms with E-state index < -0.39 is 0 Å². The molecule has 0 radical (unpaired) electrons. The highest BCUT2D eigenvalue weighted by Crippen LogP contribution is 2.38. The minimum absolute atomic E-state index is 0.298. The fourth-order valence-electron chi connectivity index (χ4n) is 4.57. The van der Waals surface area contributed by atoms with Crippen molar-refractivity contribution in [1.29, 1.82) is 0 Å². The predicted octanol–water partition coefficient (Wildman–Crippen LogP) is 4.43. The molecule has 1 heterocycles. The molecule has 0 saturated heterocycles. The van der Waals surface area contributed by atoms with E-state index in [-0.39, 0.29) is 6.23 Å². The van der Waals surface area contributed by atoms with Crippen LogP contribution in [0.4, 0.5) is 0 Å². The van der Waals surface area contributed by atoms with E-state index in [0.29, 0.717) is 17.9 Å². The van der Waals surface area contributed by atoms with Gasteiger partial charge in [-0.15, -0.1) is 0 Å². The van der Waals surface area contributed by atoms with Crippen LogP contribution >= 0.6 is 0 Å². The highest BCUT2D eigenvalue weighted by atomic mass is 16.3. The van der Waals surface area contributed by atoms with Crippen molar-refractivity contribution >= 4 is 0 Å². The van der Waals surface area contributed by atoms with Gasteiger partial charge >= 0.3 is 0 Å². The summed E-state index contributed by atoms with van der Waals surface area (Å²) in [5.74, 6) is 1.28. The molecular weight excluding hydrogens is 270 g/mol. The second-order valence-corrected chi connectivity index (χ2v) is 7.35. The number of hydrogen-bond acceptors (Lipinski definition) is 2. The molecule has 0 spiro atoms. The van der Waals surface area contributed by atoms with Crippen molar-refractivity contribution in [2.75, 3.05) is 6.54 Å². The lowest BCUT2D eigenvalue weighted by Gasteiger charge is -2.46. The summed E-state index contributed by atoms with van der Waals surface area (Å²) in [6, 6.07) is 0.496. The first-order valence-corrected chi connectivity index (χ1v) is 9.21. The van der Waals surface area contributed by atoms with Crippen molar-refractivity contribution in [3.05, 3.63) is 35.5 Å². The maximum absolute atomic E-state index is 10.8. The zero-order chi connectivity index (χ0) is 15.5. The third-order valence-corrected chi connectivity index (χ3v) is 5.74. The summed E-state index contributed by atoms with van der Waals surface area (Å²) < 4.78 is 0. The minimum atomic E-state index is -0.298. The lowest BCUT2D eigenvalue weighted by molar-refractivity contribution is -0.0591. The molecule has 22 heavy (non-hydrogen) atoms. The maximum Gasteiger partial charge on any atom is 0.107 e. The van der Waals surface area contributed by atoms with E-state index in [2.05, 4.69) is 43.1 Å². The molecule has 0 aromatic heterocycles. The zero-order valence-electron chi connectivity index (χ0n) is 14.2. The summed E-state index contributed by atoms with van der Waals surface area (Å²) in [7, 11) is 0. The molecule has 1 N–H and O–H groups in total. The minimum Gasteiger partial charge on any atom is -0.378 e. The van der Waals surface area contributed by atoms with Crippen LogP contribution < -0.4 is 0 Å². The highest BCUT2D eigenvalue weighted by Gasteiger charge is 2.37. The van der Waals surface area contributed by atoms with E-state index in [1.165, 1.54) is 30.4 Å². The Labute approximate surface area is 135 Å². The second-order valence-electron chi connectivity index (χ2n) is 7.35. The highest BCUT2D eigenvalue weighted by molar-refractivity contribution is 5.38. The van der Waals surface area contributed by atoms with Crippen LogP contribution in [0.3, 0.4) is 0 Å². The third-order valence-electron chi connectivity index (χ3n) is 5.74. The van der Waals surface area contributed by atoms with E-state index in [1.807, 2.05) is 0 Å². The summed E-state index contributed by atoms with van der Waals surface area (Å²) in [5, 5.41) is 10.8. The molecule has 0 aromatic carbocycles. The van der Waals surface area contributed by atoms with Crippen molar-refractivity contribution in [3.8, 4) is 0 Å². The van der Waals surface area contributed by atoms with Gasteiger partial charge in [-0.1, -0.05) is 51.0 Å². The largest absolute Gasteiger partial charge is 0.378 e. The molecule has 122 valence electrons. The van der Waals surface area contributed by atoms with E-state index in [9.17, 15) is 5.11 Å². The van der Waals surface area contributed by atoms with E-state index in [0.717, 1.165) is 32.2 Å². The summed E-state index contributed by atoms with van der Waals surface area (Å²) in [6.07, 6.45) is 17.3. The molecule has 2 nitrogen and oxygen atoms in total. The summed E-state index contributed by atoms with van der Waals surface area (Å²) in [5.41, 5.74) is 2.92. The maximum atomic E-state index is 10.8. The number of fused-ring (bicyclic) bond motifs is 1. The van der Waals surface area contributed by atoms with Crippen LogP contribution in [-0.4, -0.2) is 28.8 Å². The van der Waals surface area contributed by atoms with Crippen LogP contribution in [0.15, 0.2) is 35.5 Å². The molecule has 0 bridgehead atoms. The molecule has 4 unspecified atom stereocenters. The van der Waals surface area contributed by atoms with Gasteiger partial charge < -0.3 is 5.11 Å². The van der Waals surface area contributed by atoms with Crippen molar-refractivity contribution in [2.45, 2.75) is 71.1 Å². The Morgan fingerprint density at radius 1 is 1.27 bits per heavy atom. The molecule has 0 aromatic rings. The first-order valence-electron chi connectivity index (χ1n) is 9.21. The Bertz CT molecular complexity index is 476. The van der Waals surface area contributed by atoms with Crippen molar-refractivity contribution in [3.63, 3.8) is 0 Å². The number of nitrogens with zero attached hydrogens (tertiary/aromatic N) is 1. The summed E-state index contributed by atoms with van der Waals surface area (Å²) in [6.45, 7) is 5.47. The fraction of sp³-hybridized carbons (Fsp3) is 0.700. The van der Waals surface area contributed by atoms with Gasteiger partial charge in [0.1, 0.15) is 6.23 Å². The number of aliphatic hydroxyl groups is 1. The lowest BCUT2D eigenvalue weighted by Crippen LogP contribution is -2.52. The molecule has 4 atom stereocenters. The van der Waals surface area contributed by atoms with Crippen LogP contribution in [0.5, 0.6) is 0 Å². The van der Waals surface area contributed by atoms with E-state index >= 15 is 0 Å².